The molecule has 7 heteroatoms. The molecule has 0 radical (unpaired) electrons. The summed E-state index contributed by atoms with van der Waals surface area (Å²) in [6.45, 7) is 2.70. The molecule has 1 aliphatic rings. The van der Waals surface area contributed by atoms with E-state index >= 15 is 0 Å². The summed E-state index contributed by atoms with van der Waals surface area (Å²) < 4.78 is 32.4. The zero-order valence-electron chi connectivity index (χ0n) is 15.6. The summed E-state index contributed by atoms with van der Waals surface area (Å²) in [5, 5.41) is 10.9. The number of nitrogens with zero attached hydrogens (tertiary/aromatic N) is 1. The Hall–Kier alpha value is -2.80. The zero-order valence-corrected chi connectivity index (χ0v) is 15.6. The van der Waals surface area contributed by atoms with Crippen molar-refractivity contribution in [1.82, 2.24) is 4.90 Å². The molecule has 0 saturated carbocycles. The van der Waals surface area contributed by atoms with Crippen molar-refractivity contribution in [3.63, 3.8) is 0 Å². The van der Waals surface area contributed by atoms with E-state index < -0.39 is 41.2 Å². The molecule has 1 aliphatic heterocycles. The van der Waals surface area contributed by atoms with E-state index in [-0.39, 0.29) is 12.2 Å². The van der Waals surface area contributed by atoms with E-state index in [1.54, 1.807) is 0 Å². The molecule has 1 fully saturated rings. The van der Waals surface area contributed by atoms with Crippen molar-refractivity contribution in [1.29, 1.82) is 0 Å². The van der Waals surface area contributed by atoms with Crippen LogP contribution in [0.15, 0.2) is 48.5 Å². The maximum atomic E-state index is 14.2. The highest BCUT2D eigenvalue weighted by molar-refractivity contribution is 5.95. The van der Waals surface area contributed by atoms with Crippen LogP contribution in [0, 0.1) is 17.6 Å². The van der Waals surface area contributed by atoms with E-state index in [1.807, 2.05) is 30.3 Å². The first-order chi connectivity index (χ1) is 13.2. The number of aliphatic hydroxyl groups is 1. The van der Waals surface area contributed by atoms with Gasteiger partial charge in [-0.15, -0.1) is 0 Å². The average Bonchev–Trinajstić information content (AvgIpc) is 3.01. The van der Waals surface area contributed by atoms with Crippen LogP contribution in [0.2, 0.25) is 0 Å². The van der Waals surface area contributed by atoms with Gasteiger partial charge in [0.15, 0.2) is 0 Å². The number of cyclic esters (lactones) is 1. The molecule has 28 heavy (non-hydrogen) atoms. The second kappa shape index (κ2) is 7.67. The molecule has 0 bridgehead atoms. The third kappa shape index (κ3) is 3.75. The molecule has 0 unspecified atom stereocenters. The van der Waals surface area contributed by atoms with Crippen LogP contribution in [0.4, 0.5) is 13.6 Å². The Morgan fingerprint density at radius 2 is 1.96 bits per heavy atom. The van der Waals surface area contributed by atoms with Crippen LogP contribution in [0.3, 0.4) is 0 Å². The number of hydrogen-bond donors (Lipinski definition) is 1. The van der Waals surface area contributed by atoms with Gasteiger partial charge in [-0.2, -0.15) is 0 Å². The van der Waals surface area contributed by atoms with E-state index in [0.29, 0.717) is 12.5 Å². The molecule has 1 N–H and O–H groups in total. The second-order valence-corrected chi connectivity index (χ2v) is 7.12. The number of hydrogen-bond acceptors (Lipinski definition) is 4. The van der Waals surface area contributed by atoms with Gasteiger partial charge in [-0.1, -0.05) is 43.3 Å². The Morgan fingerprint density at radius 1 is 1.29 bits per heavy atom. The molecule has 148 valence electrons. The number of carbonyl (C=O) groups is 2. The van der Waals surface area contributed by atoms with Gasteiger partial charge in [-0.05, 0) is 25.0 Å². The molecule has 1 saturated heterocycles. The molecule has 3 rings (SSSR count). The molecular formula is C21H21F2NO4. The van der Waals surface area contributed by atoms with Gasteiger partial charge in [-0.25, -0.2) is 18.5 Å². The minimum atomic E-state index is -1.95. The quantitative estimate of drug-likeness (QED) is 0.851. The van der Waals surface area contributed by atoms with Crippen molar-refractivity contribution < 1.29 is 28.2 Å². The Bertz CT molecular complexity index is 885. The molecule has 1 heterocycles. The van der Waals surface area contributed by atoms with E-state index in [1.165, 1.54) is 13.8 Å². The number of amides is 2. The number of benzene rings is 2. The van der Waals surface area contributed by atoms with Gasteiger partial charge in [0.05, 0.1) is 12.0 Å². The zero-order chi connectivity index (χ0) is 20.5. The van der Waals surface area contributed by atoms with Gasteiger partial charge in [0.25, 0.3) is 0 Å². The number of ether oxygens (including phenoxy) is 1. The number of imide groups is 1. The monoisotopic (exact) mass is 389 g/mol. The summed E-state index contributed by atoms with van der Waals surface area (Å²) in [5.41, 5.74) is -1.25. The average molecular weight is 389 g/mol. The first-order valence-corrected chi connectivity index (χ1v) is 8.93. The third-order valence-electron chi connectivity index (χ3n) is 5.20. The van der Waals surface area contributed by atoms with Crippen molar-refractivity contribution in [2.75, 3.05) is 6.61 Å². The second-order valence-electron chi connectivity index (χ2n) is 7.12. The van der Waals surface area contributed by atoms with Gasteiger partial charge < -0.3 is 9.84 Å². The lowest BCUT2D eigenvalue weighted by atomic mass is 9.82. The van der Waals surface area contributed by atoms with Crippen molar-refractivity contribution in [2.24, 2.45) is 5.92 Å². The minimum absolute atomic E-state index is 0.0409. The van der Waals surface area contributed by atoms with Crippen LogP contribution < -0.4 is 0 Å². The predicted molar refractivity (Wildman–Crippen MR) is 97.2 cm³/mol. The third-order valence-corrected chi connectivity index (χ3v) is 5.20. The smallest absolute Gasteiger partial charge is 0.416 e. The summed E-state index contributed by atoms with van der Waals surface area (Å²) >= 11 is 0. The lowest BCUT2D eigenvalue weighted by Crippen LogP contribution is -2.48. The number of carbonyl (C=O) groups excluding carboxylic acids is 2. The van der Waals surface area contributed by atoms with Gasteiger partial charge in [0.2, 0.25) is 5.91 Å². The molecule has 5 nitrogen and oxygen atoms in total. The van der Waals surface area contributed by atoms with Crippen LogP contribution in [0.1, 0.15) is 25.0 Å². The lowest BCUT2D eigenvalue weighted by molar-refractivity contribution is -0.142. The van der Waals surface area contributed by atoms with Gasteiger partial charge >= 0.3 is 6.09 Å². The van der Waals surface area contributed by atoms with Gasteiger partial charge in [0, 0.05) is 11.6 Å². The van der Waals surface area contributed by atoms with Crippen LogP contribution >= 0.6 is 0 Å². The van der Waals surface area contributed by atoms with Crippen LogP contribution in [-0.4, -0.2) is 34.7 Å². The first-order valence-electron chi connectivity index (χ1n) is 8.93. The van der Waals surface area contributed by atoms with Gasteiger partial charge in [-0.3, -0.25) is 4.79 Å². The highest BCUT2D eigenvalue weighted by Gasteiger charge is 2.46. The van der Waals surface area contributed by atoms with E-state index in [2.05, 4.69) is 0 Å². The molecule has 2 aromatic rings. The van der Waals surface area contributed by atoms with Crippen LogP contribution in [0.25, 0.3) is 0 Å². The SMILES string of the molecule is C[C@H](C(=O)N1C(=O)OC[C@@H]1Cc1ccccc1)[C@@](C)(O)c1ccc(F)cc1F. The normalized spacial score (nSPS) is 19.8. The highest BCUT2D eigenvalue weighted by Crippen LogP contribution is 2.34. The topological polar surface area (TPSA) is 66.8 Å². The lowest BCUT2D eigenvalue weighted by Gasteiger charge is -2.33. The molecule has 0 aliphatic carbocycles. The number of rotatable bonds is 5. The fourth-order valence-electron chi connectivity index (χ4n) is 3.35. The van der Waals surface area contributed by atoms with E-state index in [4.69, 9.17) is 4.74 Å². The summed E-state index contributed by atoms with van der Waals surface area (Å²) in [5.74, 6) is -3.61. The van der Waals surface area contributed by atoms with E-state index in [9.17, 15) is 23.5 Å². The summed E-state index contributed by atoms with van der Waals surface area (Å²) in [6.07, 6.45) is -0.397. The number of halogens is 2. The van der Waals surface area contributed by atoms with E-state index in [0.717, 1.165) is 22.6 Å². The van der Waals surface area contributed by atoms with Gasteiger partial charge in [0.1, 0.15) is 23.8 Å². The Labute approximate surface area is 161 Å². The largest absolute Gasteiger partial charge is 0.447 e. The molecule has 3 atom stereocenters. The molecule has 0 spiro atoms. The highest BCUT2D eigenvalue weighted by atomic mass is 19.1. The standard InChI is InChI=1S/C21H21F2NO4/c1-13(21(2,27)17-9-8-15(22)11-18(17)23)19(25)24-16(12-28-20(24)26)10-14-6-4-3-5-7-14/h3-9,11,13,16,27H,10,12H2,1-2H3/t13-,16+,21-/m1/s1. The van der Waals surface area contributed by atoms with Crippen molar-refractivity contribution in [3.05, 3.63) is 71.3 Å². The Balaban J connectivity index is 1.84. The van der Waals surface area contributed by atoms with Crippen molar-refractivity contribution in [3.8, 4) is 0 Å². The molecule has 2 aromatic carbocycles. The molecule has 2 amide bonds. The Morgan fingerprint density at radius 3 is 2.61 bits per heavy atom. The maximum Gasteiger partial charge on any atom is 0.416 e. The van der Waals surface area contributed by atoms with Crippen molar-refractivity contribution >= 4 is 12.0 Å². The maximum absolute atomic E-state index is 14.2. The summed E-state index contributed by atoms with van der Waals surface area (Å²) in [4.78, 5) is 26.2. The predicted octanol–water partition coefficient (Wildman–Crippen LogP) is 3.40. The minimum Gasteiger partial charge on any atom is -0.447 e. The molecule has 0 aromatic heterocycles. The van der Waals surface area contributed by atoms with Crippen molar-refractivity contribution in [2.45, 2.75) is 31.9 Å². The summed E-state index contributed by atoms with van der Waals surface area (Å²) in [6, 6.07) is 11.5. The van der Waals surface area contributed by atoms with Crippen LogP contribution in [0.5, 0.6) is 0 Å². The Kier molecular flexibility index (Phi) is 5.47. The van der Waals surface area contributed by atoms with Crippen LogP contribution in [-0.2, 0) is 21.6 Å². The fraction of sp³-hybridized carbons (Fsp3) is 0.333. The first kappa shape index (κ1) is 19.9. The summed E-state index contributed by atoms with van der Waals surface area (Å²) in [7, 11) is 0. The molecular weight excluding hydrogens is 368 g/mol. The fourth-order valence-corrected chi connectivity index (χ4v) is 3.35.